The summed E-state index contributed by atoms with van der Waals surface area (Å²) in [5.74, 6) is -0.516. The van der Waals surface area contributed by atoms with Gasteiger partial charge in [0.25, 0.3) is 0 Å². The number of piperazine rings is 1. The van der Waals surface area contributed by atoms with Crippen LogP contribution in [-0.4, -0.2) is 84.0 Å². The number of hydrogen-bond donors (Lipinski definition) is 1. The molecule has 0 aromatic rings. The quantitative estimate of drug-likeness (QED) is 0.784. The van der Waals surface area contributed by atoms with Gasteiger partial charge in [0.2, 0.25) is 5.91 Å². The van der Waals surface area contributed by atoms with Crippen molar-refractivity contribution >= 4 is 24.3 Å². The minimum atomic E-state index is -0.744. The summed E-state index contributed by atoms with van der Waals surface area (Å²) in [4.78, 5) is 29.3. The monoisotopic (exact) mass is 347 g/mol. The Balaban J connectivity index is 0.00000264. The molecule has 1 aliphatic heterocycles. The average Bonchev–Trinajstić information content (AvgIpc) is 2.54. The Morgan fingerprint density at radius 2 is 1.61 bits per heavy atom. The number of carbonyl (C=O) groups excluding carboxylic acids is 1. The predicted molar refractivity (Wildman–Crippen MR) is 92.0 cm³/mol. The Kier molecular flexibility index (Phi) is 8.87. The fourth-order valence-electron chi connectivity index (χ4n) is 3.40. The molecule has 7 heteroatoms. The minimum absolute atomic E-state index is 0. The smallest absolute Gasteiger partial charge is 0.304 e. The maximum Gasteiger partial charge on any atom is 0.304 e. The van der Waals surface area contributed by atoms with Gasteiger partial charge in [0.1, 0.15) is 0 Å². The number of nitrogens with zero attached hydrogens (tertiary/aromatic N) is 3. The molecule has 6 nitrogen and oxygen atoms in total. The molecule has 1 saturated carbocycles. The number of halogens is 1. The highest BCUT2D eigenvalue weighted by molar-refractivity contribution is 5.85. The number of hydrogen-bond acceptors (Lipinski definition) is 4. The molecule has 0 atom stereocenters. The van der Waals surface area contributed by atoms with E-state index in [9.17, 15) is 9.59 Å². The largest absolute Gasteiger partial charge is 0.481 e. The van der Waals surface area contributed by atoms with Gasteiger partial charge in [-0.15, -0.1) is 12.4 Å². The SMILES string of the molecule is CN(C(=O)CN1CCN(CCC(=O)O)CC1)C1CCCCC1.Cl. The first-order valence-electron chi connectivity index (χ1n) is 8.48. The summed E-state index contributed by atoms with van der Waals surface area (Å²) in [6.45, 7) is 4.52. The van der Waals surface area contributed by atoms with Crippen molar-refractivity contribution in [2.45, 2.75) is 44.6 Å². The molecule has 2 fully saturated rings. The van der Waals surface area contributed by atoms with Crippen LogP contribution in [0.1, 0.15) is 38.5 Å². The first-order chi connectivity index (χ1) is 10.6. The third kappa shape index (κ3) is 6.65. The van der Waals surface area contributed by atoms with Crippen molar-refractivity contribution in [1.82, 2.24) is 14.7 Å². The molecule has 0 aromatic carbocycles. The molecule has 0 unspecified atom stereocenters. The first kappa shape index (κ1) is 20.2. The highest BCUT2D eigenvalue weighted by Gasteiger charge is 2.25. The Labute approximate surface area is 145 Å². The molecule has 0 spiro atoms. The number of carboxylic acid groups (broad SMARTS) is 1. The van der Waals surface area contributed by atoms with Gasteiger partial charge in [-0.1, -0.05) is 19.3 Å². The van der Waals surface area contributed by atoms with Crippen molar-refractivity contribution in [2.24, 2.45) is 0 Å². The van der Waals surface area contributed by atoms with E-state index in [1.54, 1.807) is 0 Å². The number of likely N-dealkylation sites (N-methyl/N-ethyl adjacent to an activating group) is 1. The van der Waals surface area contributed by atoms with Gasteiger partial charge in [-0.25, -0.2) is 0 Å². The molecule has 0 bridgehead atoms. The molecule has 0 radical (unpaired) electrons. The van der Waals surface area contributed by atoms with Gasteiger partial charge in [0, 0.05) is 45.8 Å². The second-order valence-corrected chi connectivity index (χ2v) is 6.56. The topological polar surface area (TPSA) is 64.1 Å². The molecule has 0 aromatic heterocycles. The van der Waals surface area contributed by atoms with E-state index in [0.717, 1.165) is 39.0 Å². The van der Waals surface area contributed by atoms with Gasteiger partial charge in [-0.3, -0.25) is 14.5 Å². The second-order valence-electron chi connectivity index (χ2n) is 6.56. The van der Waals surface area contributed by atoms with E-state index in [1.807, 2.05) is 11.9 Å². The number of rotatable bonds is 6. The molecule has 1 N–H and O–H groups in total. The fraction of sp³-hybridized carbons (Fsp3) is 0.875. The Hall–Kier alpha value is -0.850. The van der Waals surface area contributed by atoms with E-state index in [4.69, 9.17) is 5.11 Å². The van der Waals surface area contributed by atoms with Gasteiger partial charge in [0.15, 0.2) is 0 Å². The molecule has 2 aliphatic rings. The van der Waals surface area contributed by atoms with Crippen LogP contribution in [0.2, 0.25) is 0 Å². The van der Waals surface area contributed by atoms with Crippen LogP contribution in [0, 0.1) is 0 Å². The zero-order valence-electron chi connectivity index (χ0n) is 14.1. The molecule has 1 saturated heterocycles. The van der Waals surface area contributed by atoms with E-state index >= 15 is 0 Å². The molecule has 23 heavy (non-hydrogen) atoms. The van der Waals surface area contributed by atoms with Crippen molar-refractivity contribution in [3.8, 4) is 0 Å². The van der Waals surface area contributed by atoms with Gasteiger partial charge < -0.3 is 14.9 Å². The lowest BCUT2D eigenvalue weighted by molar-refractivity contribution is -0.137. The second kappa shape index (κ2) is 10.1. The van der Waals surface area contributed by atoms with Crippen molar-refractivity contribution in [1.29, 1.82) is 0 Å². The normalized spacial score (nSPS) is 20.7. The number of aliphatic carboxylic acids is 1. The summed E-state index contributed by atoms with van der Waals surface area (Å²) in [5, 5.41) is 8.71. The molecule has 1 aliphatic carbocycles. The van der Waals surface area contributed by atoms with Gasteiger partial charge >= 0.3 is 5.97 Å². The average molecular weight is 348 g/mol. The number of amides is 1. The Morgan fingerprint density at radius 3 is 2.17 bits per heavy atom. The third-order valence-corrected chi connectivity index (χ3v) is 4.98. The molecular formula is C16H30ClN3O3. The Bertz CT molecular complexity index is 381. The highest BCUT2D eigenvalue weighted by atomic mass is 35.5. The van der Waals surface area contributed by atoms with Crippen LogP contribution in [-0.2, 0) is 9.59 Å². The summed E-state index contributed by atoms with van der Waals surface area (Å²) >= 11 is 0. The van der Waals surface area contributed by atoms with Gasteiger partial charge in [0.05, 0.1) is 13.0 Å². The lowest BCUT2D eigenvalue weighted by atomic mass is 9.94. The van der Waals surface area contributed by atoms with Crippen LogP contribution >= 0.6 is 12.4 Å². The van der Waals surface area contributed by atoms with Crippen LogP contribution < -0.4 is 0 Å². The van der Waals surface area contributed by atoms with E-state index in [1.165, 1.54) is 19.3 Å². The summed E-state index contributed by atoms with van der Waals surface area (Å²) in [5.41, 5.74) is 0. The maximum absolute atomic E-state index is 12.4. The van der Waals surface area contributed by atoms with Crippen LogP contribution in [0.5, 0.6) is 0 Å². The van der Waals surface area contributed by atoms with E-state index in [0.29, 0.717) is 19.1 Å². The number of carboxylic acids is 1. The van der Waals surface area contributed by atoms with Crippen molar-refractivity contribution < 1.29 is 14.7 Å². The van der Waals surface area contributed by atoms with Crippen molar-refractivity contribution in [3.05, 3.63) is 0 Å². The molecule has 1 heterocycles. The van der Waals surface area contributed by atoms with Crippen LogP contribution in [0.15, 0.2) is 0 Å². The molecule has 134 valence electrons. The zero-order chi connectivity index (χ0) is 15.9. The van der Waals surface area contributed by atoms with Crippen LogP contribution in [0.3, 0.4) is 0 Å². The highest BCUT2D eigenvalue weighted by Crippen LogP contribution is 2.21. The predicted octanol–water partition coefficient (Wildman–Crippen LogP) is 1.29. The summed E-state index contributed by atoms with van der Waals surface area (Å²) in [6, 6.07) is 0.429. The van der Waals surface area contributed by atoms with E-state index < -0.39 is 5.97 Å². The molecule has 1 amide bonds. The van der Waals surface area contributed by atoms with E-state index in [2.05, 4.69) is 9.80 Å². The number of carbonyl (C=O) groups is 2. The summed E-state index contributed by atoms with van der Waals surface area (Å²) in [7, 11) is 1.95. The lowest BCUT2D eigenvalue weighted by Gasteiger charge is -2.36. The minimum Gasteiger partial charge on any atom is -0.481 e. The van der Waals surface area contributed by atoms with E-state index in [-0.39, 0.29) is 24.7 Å². The first-order valence-corrected chi connectivity index (χ1v) is 8.48. The van der Waals surface area contributed by atoms with Crippen molar-refractivity contribution in [2.75, 3.05) is 46.3 Å². The lowest BCUT2D eigenvalue weighted by Crippen LogP contribution is -2.51. The zero-order valence-corrected chi connectivity index (χ0v) is 14.9. The van der Waals surface area contributed by atoms with Gasteiger partial charge in [-0.2, -0.15) is 0 Å². The Morgan fingerprint density at radius 1 is 1.04 bits per heavy atom. The molecule has 2 rings (SSSR count). The standard InChI is InChI=1S/C16H29N3O3.ClH/c1-17(14-5-3-2-4-6-14)15(20)13-19-11-9-18(10-12-19)8-7-16(21)22;/h14H,2-13H2,1H3,(H,21,22);1H. The molecular weight excluding hydrogens is 318 g/mol. The van der Waals surface area contributed by atoms with Crippen LogP contribution in [0.25, 0.3) is 0 Å². The maximum atomic E-state index is 12.4. The fourth-order valence-corrected chi connectivity index (χ4v) is 3.40. The summed E-state index contributed by atoms with van der Waals surface area (Å²) < 4.78 is 0. The van der Waals surface area contributed by atoms with Gasteiger partial charge in [-0.05, 0) is 12.8 Å². The third-order valence-electron chi connectivity index (χ3n) is 4.98. The van der Waals surface area contributed by atoms with Crippen molar-refractivity contribution in [3.63, 3.8) is 0 Å². The van der Waals surface area contributed by atoms with Crippen LogP contribution in [0.4, 0.5) is 0 Å². The summed E-state index contributed by atoms with van der Waals surface area (Å²) in [6.07, 6.45) is 6.27.